The van der Waals surface area contributed by atoms with Crippen LogP contribution in [0.3, 0.4) is 0 Å². The zero-order chi connectivity index (χ0) is 17.3. The Morgan fingerprint density at radius 2 is 2.08 bits per heavy atom. The first-order chi connectivity index (χ1) is 11.4. The van der Waals surface area contributed by atoms with Crippen LogP contribution >= 0.6 is 0 Å². The van der Waals surface area contributed by atoms with Crippen molar-refractivity contribution in [3.63, 3.8) is 0 Å². The molecule has 0 N–H and O–H groups in total. The minimum absolute atomic E-state index is 0.170. The van der Waals surface area contributed by atoms with Crippen molar-refractivity contribution in [2.45, 2.75) is 6.36 Å². The topological polar surface area (TPSA) is 51.7 Å². The second kappa shape index (κ2) is 6.27. The number of esters is 1. The van der Waals surface area contributed by atoms with Crippen molar-refractivity contribution in [1.29, 1.82) is 0 Å². The molecule has 0 radical (unpaired) electrons. The van der Waals surface area contributed by atoms with Crippen molar-refractivity contribution >= 4 is 22.6 Å². The summed E-state index contributed by atoms with van der Waals surface area (Å²) in [6.07, 6.45) is -3.06. The van der Waals surface area contributed by atoms with Crippen LogP contribution < -0.4 is 4.90 Å². The number of aromatic nitrogens is 1. The van der Waals surface area contributed by atoms with E-state index in [1.807, 2.05) is 11.0 Å². The van der Waals surface area contributed by atoms with Gasteiger partial charge in [-0.2, -0.15) is 0 Å². The third-order valence-corrected chi connectivity index (χ3v) is 3.94. The summed E-state index contributed by atoms with van der Waals surface area (Å²) in [6, 6.07) is 6.98. The van der Waals surface area contributed by atoms with Gasteiger partial charge < -0.3 is 9.64 Å². The number of nitrogens with zero attached hydrogens (tertiary/aromatic N) is 2. The maximum absolute atomic E-state index is 12.0. The number of benzene rings is 1. The summed E-state index contributed by atoms with van der Waals surface area (Å²) < 4.78 is 44.7. The van der Waals surface area contributed by atoms with Crippen LogP contribution in [-0.4, -0.2) is 44.1 Å². The van der Waals surface area contributed by atoms with E-state index in [0.717, 1.165) is 5.69 Å². The summed E-state index contributed by atoms with van der Waals surface area (Å²) in [5.41, 5.74) is 1.88. The first-order valence-corrected chi connectivity index (χ1v) is 7.30. The molecule has 5 nitrogen and oxygen atoms in total. The van der Waals surface area contributed by atoms with Crippen molar-refractivity contribution in [1.82, 2.24) is 4.98 Å². The van der Waals surface area contributed by atoms with E-state index in [2.05, 4.69) is 9.72 Å². The normalized spacial score (nSPS) is 15.4. The molecule has 0 amide bonds. The SMILES string of the molecule is COC(=O)c1ccnc2ccc(N3CC(COC(F)(F)F)C3)cc12. The maximum atomic E-state index is 12.0. The summed E-state index contributed by atoms with van der Waals surface area (Å²) in [7, 11) is 1.30. The number of fused-ring (bicyclic) bond motifs is 1. The van der Waals surface area contributed by atoms with Crippen molar-refractivity contribution in [3.8, 4) is 0 Å². The lowest BCUT2D eigenvalue weighted by molar-refractivity contribution is -0.328. The molecule has 1 saturated heterocycles. The van der Waals surface area contributed by atoms with Crippen LogP contribution in [0.15, 0.2) is 30.5 Å². The van der Waals surface area contributed by atoms with E-state index in [-0.39, 0.29) is 12.5 Å². The largest absolute Gasteiger partial charge is 0.522 e. The Balaban J connectivity index is 1.74. The molecule has 1 aliphatic rings. The van der Waals surface area contributed by atoms with Gasteiger partial charge in [-0.1, -0.05) is 0 Å². The van der Waals surface area contributed by atoms with Gasteiger partial charge in [-0.3, -0.25) is 9.72 Å². The summed E-state index contributed by atoms with van der Waals surface area (Å²) in [5, 5.41) is 0.650. The van der Waals surface area contributed by atoms with E-state index < -0.39 is 12.3 Å². The molecule has 0 unspecified atom stereocenters. The molecule has 0 spiro atoms. The molecule has 0 saturated carbocycles. The van der Waals surface area contributed by atoms with Crippen LogP contribution in [0.2, 0.25) is 0 Å². The second-order valence-corrected chi connectivity index (χ2v) is 5.58. The van der Waals surface area contributed by atoms with E-state index >= 15 is 0 Å². The van der Waals surface area contributed by atoms with Gasteiger partial charge in [0.05, 0.1) is 24.8 Å². The number of hydrogen-bond acceptors (Lipinski definition) is 5. The summed E-state index contributed by atoms with van der Waals surface area (Å²) in [5.74, 6) is -0.629. The zero-order valence-electron chi connectivity index (χ0n) is 12.8. The quantitative estimate of drug-likeness (QED) is 0.801. The molecule has 1 fully saturated rings. The van der Waals surface area contributed by atoms with Crippen LogP contribution in [-0.2, 0) is 9.47 Å². The fourth-order valence-corrected chi connectivity index (χ4v) is 2.72. The number of halogens is 3. The molecule has 2 aromatic rings. The number of carbonyl (C=O) groups is 1. The van der Waals surface area contributed by atoms with Gasteiger partial charge in [0.15, 0.2) is 0 Å². The molecule has 1 aromatic heterocycles. The predicted molar refractivity (Wildman–Crippen MR) is 80.8 cm³/mol. The lowest BCUT2D eigenvalue weighted by Gasteiger charge is -2.41. The molecule has 0 bridgehead atoms. The van der Waals surface area contributed by atoms with E-state index in [0.29, 0.717) is 29.6 Å². The van der Waals surface area contributed by atoms with Gasteiger partial charge in [0.2, 0.25) is 0 Å². The second-order valence-electron chi connectivity index (χ2n) is 5.58. The Labute approximate surface area is 136 Å². The fourth-order valence-electron chi connectivity index (χ4n) is 2.72. The summed E-state index contributed by atoms with van der Waals surface area (Å²) in [4.78, 5) is 18.0. The lowest BCUT2D eigenvalue weighted by atomic mass is 9.99. The predicted octanol–water partition coefficient (Wildman–Crippen LogP) is 2.99. The van der Waals surface area contributed by atoms with Crippen LogP contribution in [0, 0.1) is 5.92 Å². The van der Waals surface area contributed by atoms with Crippen LogP contribution in [0.5, 0.6) is 0 Å². The van der Waals surface area contributed by atoms with Crippen LogP contribution in [0.25, 0.3) is 10.9 Å². The molecule has 8 heteroatoms. The summed E-state index contributed by atoms with van der Waals surface area (Å²) in [6.45, 7) is 0.591. The van der Waals surface area contributed by atoms with E-state index in [4.69, 9.17) is 4.74 Å². The standard InChI is InChI=1S/C16H15F3N2O3/c1-23-15(22)12-4-5-20-14-3-2-11(6-13(12)14)21-7-10(8-21)9-24-16(17,18)19/h2-6,10H,7-9H2,1H3. The minimum Gasteiger partial charge on any atom is -0.465 e. The number of anilines is 1. The molecule has 1 aliphatic heterocycles. The Bertz CT molecular complexity index is 758. The van der Waals surface area contributed by atoms with Gasteiger partial charge in [-0.25, -0.2) is 4.79 Å². The average Bonchev–Trinajstić information content (AvgIpc) is 2.50. The number of hydrogen-bond donors (Lipinski definition) is 0. The van der Waals surface area contributed by atoms with Gasteiger partial charge in [0, 0.05) is 36.3 Å². The van der Waals surface area contributed by atoms with Gasteiger partial charge in [-0.15, -0.1) is 13.2 Å². The molecular weight excluding hydrogens is 325 g/mol. The van der Waals surface area contributed by atoms with Crippen molar-refractivity contribution in [3.05, 3.63) is 36.0 Å². The Kier molecular flexibility index (Phi) is 4.31. The number of methoxy groups -OCH3 is 1. The van der Waals surface area contributed by atoms with Gasteiger partial charge >= 0.3 is 12.3 Å². The van der Waals surface area contributed by atoms with Crippen molar-refractivity contribution in [2.24, 2.45) is 5.92 Å². The zero-order valence-corrected chi connectivity index (χ0v) is 12.8. The molecule has 3 rings (SSSR count). The van der Waals surface area contributed by atoms with Crippen molar-refractivity contribution in [2.75, 3.05) is 31.7 Å². The monoisotopic (exact) mass is 340 g/mol. The highest BCUT2D eigenvalue weighted by molar-refractivity contribution is 6.04. The Hall–Kier alpha value is -2.35. The van der Waals surface area contributed by atoms with E-state index in [1.54, 1.807) is 18.2 Å². The molecule has 128 valence electrons. The third-order valence-electron chi connectivity index (χ3n) is 3.94. The molecule has 0 aliphatic carbocycles. The number of carbonyl (C=O) groups excluding carboxylic acids is 1. The third kappa shape index (κ3) is 3.43. The Morgan fingerprint density at radius 3 is 2.75 bits per heavy atom. The minimum atomic E-state index is -4.59. The van der Waals surface area contributed by atoms with E-state index in [9.17, 15) is 18.0 Å². The number of ether oxygens (including phenoxy) is 2. The smallest absolute Gasteiger partial charge is 0.465 e. The first kappa shape index (κ1) is 16.5. The maximum Gasteiger partial charge on any atom is 0.522 e. The first-order valence-electron chi connectivity index (χ1n) is 7.30. The Morgan fingerprint density at radius 1 is 1.33 bits per heavy atom. The van der Waals surface area contributed by atoms with Gasteiger partial charge in [0.1, 0.15) is 0 Å². The average molecular weight is 340 g/mol. The number of alkyl halides is 3. The lowest BCUT2D eigenvalue weighted by Crippen LogP contribution is -2.49. The van der Waals surface area contributed by atoms with Gasteiger partial charge in [0.25, 0.3) is 0 Å². The van der Waals surface area contributed by atoms with Crippen molar-refractivity contribution < 1.29 is 27.4 Å². The number of pyridine rings is 1. The number of rotatable bonds is 4. The highest BCUT2D eigenvalue weighted by atomic mass is 19.4. The van der Waals surface area contributed by atoms with E-state index in [1.165, 1.54) is 13.3 Å². The molecule has 24 heavy (non-hydrogen) atoms. The highest BCUT2D eigenvalue weighted by Gasteiger charge is 2.34. The molecule has 1 aromatic carbocycles. The molecule has 2 heterocycles. The highest BCUT2D eigenvalue weighted by Crippen LogP contribution is 2.30. The van der Waals surface area contributed by atoms with Crippen LogP contribution in [0.4, 0.5) is 18.9 Å². The molecule has 0 atom stereocenters. The summed E-state index contributed by atoms with van der Waals surface area (Å²) >= 11 is 0. The van der Waals surface area contributed by atoms with Gasteiger partial charge in [-0.05, 0) is 24.3 Å². The fraction of sp³-hybridized carbons (Fsp3) is 0.375. The molecular formula is C16H15F3N2O3. The van der Waals surface area contributed by atoms with Crippen LogP contribution in [0.1, 0.15) is 10.4 Å².